The van der Waals surface area contributed by atoms with E-state index in [2.05, 4.69) is 9.97 Å². The molecule has 2 aliphatic heterocycles. The third-order valence-corrected chi connectivity index (χ3v) is 5.01. The number of aliphatic hydroxyl groups is 1. The number of aromatic nitrogens is 2. The minimum absolute atomic E-state index is 0.135. The lowest BCUT2D eigenvalue weighted by Gasteiger charge is -2.30. The van der Waals surface area contributed by atoms with Crippen LogP contribution in [-0.2, 0) is 4.74 Å². The van der Waals surface area contributed by atoms with Gasteiger partial charge in [0.2, 0.25) is 5.95 Å². The summed E-state index contributed by atoms with van der Waals surface area (Å²) in [6.07, 6.45) is 3.14. The van der Waals surface area contributed by atoms with Crippen LogP contribution in [0, 0.1) is 5.41 Å². The molecule has 1 N–H and O–H groups in total. The average molecular weight is 320 g/mol. The summed E-state index contributed by atoms with van der Waals surface area (Å²) in [6, 6.07) is 0. The van der Waals surface area contributed by atoms with Crippen molar-refractivity contribution in [1.29, 1.82) is 0 Å². The number of nitrogens with zero attached hydrogens (tertiary/aromatic N) is 4. The van der Waals surface area contributed by atoms with Gasteiger partial charge in [-0.2, -0.15) is 0 Å². The van der Waals surface area contributed by atoms with Crippen molar-refractivity contribution >= 4 is 11.9 Å². The summed E-state index contributed by atoms with van der Waals surface area (Å²) in [5.74, 6) is 0.489. The fourth-order valence-corrected chi connectivity index (χ4v) is 2.97. The number of β-amino-alcohol motifs (C(OH)–C–C–N with tert-alkyl or cyclic N) is 1. The van der Waals surface area contributed by atoms with Crippen molar-refractivity contribution in [3.8, 4) is 0 Å². The summed E-state index contributed by atoms with van der Waals surface area (Å²) >= 11 is 0. The van der Waals surface area contributed by atoms with Crippen molar-refractivity contribution in [3.63, 3.8) is 0 Å². The highest BCUT2D eigenvalue weighted by Crippen LogP contribution is 2.38. The van der Waals surface area contributed by atoms with Crippen LogP contribution in [-0.4, -0.2) is 70.9 Å². The number of ether oxygens (including phenoxy) is 1. The quantitative estimate of drug-likeness (QED) is 0.857. The molecule has 7 heteroatoms. The van der Waals surface area contributed by atoms with E-state index in [9.17, 15) is 9.90 Å². The predicted octanol–water partition coefficient (Wildman–Crippen LogP) is 0.546. The van der Waals surface area contributed by atoms with Gasteiger partial charge in [0, 0.05) is 37.4 Å². The van der Waals surface area contributed by atoms with Crippen LogP contribution < -0.4 is 4.90 Å². The van der Waals surface area contributed by atoms with Crippen molar-refractivity contribution in [2.75, 3.05) is 44.3 Å². The maximum atomic E-state index is 12.6. The first-order valence-electron chi connectivity index (χ1n) is 7.97. The molecule has 23 heavy (non-hydrogen) atoms. The molecule has 1 aromatic heterocycles. The molecule has 7 nitrogen and oxygen atoms in total. The number of rotatable bonds is 2. The van der Waals surface area contributed by atoms with Crippen LogP contribution in [0.5, 0.6) is 0 Å². The molecule has 126 valence electrons. The molecule has 2 saturated heterocycles. The Morgan fingerprint density at radius 1 is 1.17 bits per heavy atom. The van der Waals surface area contributed by atoms with E-state index >= 15 is 0 Å². The predicted molar refractivity (Wildman–Crippen MR) is 85.4 cm³/mol. The van der Waals surface area contributed by atoms with Crippen molar-refractivity contribution in [2.24, 2.45) is 5.41 Å². The first kappa shape index (κ1) is 16.1. The molecule has 1 atom stereocenters. The summed E-state index contributed by atoms with van der Waals surface area (Å²) in [5, 5.41) is 10.5. The van der Waals surface area contributed by atoms with Gasteiger partial charge in [0.25, 0.3) is 5.91 Å². The summed E-state index contributed by atoms with van der Waals surface area (Å²) < 4.78 is 5.31. The number of carbonyl (C=O) groups excluding carboxylic acids is 1. The number of anilines is 1. The number of morpholine rings is 1. The number of hydrogen-bond donors (Lipinski definition) is 1. The Hall–Kier alpha value is -1.73. The first-order valence-corrected chi connectivity index (χ1v) is 7.97. The van der Waals surface area contributed by atoms with Gasteiger partial charge in [-0.25, -0.2) is 9.97 Å². The van der Waals surface area contributed by atoms with Crippen LogP contribution in [0.1, 0.15) is 31.1 Å². The van der Waals surface area contributed by atoms with Crippen LogP contribution in [0.25, 0.3) is 0 Å². The Morgan fingerprint density at radius 2 is 1.78 bits per heavy atom. The zero-order valence-electron chi connectivity index (χ0n) is 13.9. The lowest BCUT2D eigenvalue weighted by molar-refractivity contribution is -0.0108. The highest BCUT2D eigenvalue weighted by atomic mass is 16.5. The molecule has 0 saturated carbocycles. The maximum Gasteiger partial charge on any atom is 0.257 e. The van der Waals surface area contributed by atoms with Crippen LogP contribution >= 0.6 is 0 Å². The standard InChI is InChI=1S/C16H24N4O3/c1-15(2)10-20(11-16(15,3)22)13(21)12-8-17-14(18-9-12)19-4-6-23-7-5-19/h8-9,22H,4-7,10-11H2,1-3H3/t16-/m1/s1. The van der Waals surface area contributed by atoms with Gasteiger partial charge in [0.15, 0.2) is 0 Å². The van der Waals surface area contributed by atoms with Crippen LogP contribution in [0.4, 0.5) is 5.95 Å². The summed E-state index contributed by atoms with van der Waals surface area (Å²) in [7, 11) is 0. The summed E-state index contributed by atoms with van der Waals surface area (Å²) in [4.78, 5) is 25.0. The van der Waals surface area contributed by atoms with E-state index in [1.807, 2.05) is 18.7 Å². The zero-order chi connectivity index (χ0) is 16.7. The van der Waals surface area contributed by atoms with Gasteiger partial charge in [0.05, 0.1) is 30.9 Å². The fraction of sp³-hybridized carbons (Fsp3) is 0.688. The third-order valence-electron chi connectivity index (χ3n) is 5.01. The second kappa shape index (κ2) is 5.72. The molecule has 2 aliphatic rings. The number of likely N-dealkylation sites (tertiary alicyclic amines) is 1. The normalized spacial score (nSPS) is 27.3. The van der Waals surface area contributed by atoms with Gasteiger partial charge in [-0.1, -0.05) is 13.8 Å². The Kier molecular flexibility index (Phi) is 4.01. The van der Waals surface area contributed by atoms with E-state index < -0.39 is 5.60 Å². The number of carbonyl (C=O) groups is 1. The van der Waals surface area contributed by atoms with Crippen LogP contribution in [0.15, 0.2) is 12.4 Å². The molecule has 1 aromatic rings. The Labute approximate surface area is 136 Å². The largest absolute Gasteiger partial charge is 0.388 e. The molecule has 2 fully saturated rings. The molecular weight excluding hydrogens is 296 g/mol. The molecule has 0 aromatic carbocycles. The van der Waals surface area contributed by atoms with Crippen molar-refractivity contribution < 1.29 is 14.6 Å². The molecule has 0 spiro atoms. The first-order chi connectivity index (χ1) is 10.8. The van der Waals surface area contributed by atoms with E-state index in [0.717, 1.165) is 13.1 Å². The molecule has 3 rings (SSSR count). The highest BCUT2D eigenvalue weighted by molar-refractivity contribution is 5.94. The Morgan fingerprint density at radius 3 is 2.30 bits per heavy atom. The summed E-state index contributed by atoms with van der Waals surface area (Å²) in [5.41, 5.74) is -0.773. The topological polar surface area (TPSA) is 78.8 Å². The molecule has 3 heterocycles. The Bertz CT molecular complexity index is 563. The minimum atomic E-state index is -0.892. The smallest absolute Gasteiger partial charge is 0.257 e. The SMILES string of the molecule is CC1(C)CN(C(=O)c2cnc(N3CCOCC3)nc2)C[C@@]1(C)O. The van der Waals surface area contributed by atoms with Crippen LogP contribution in [0.2, 0.25) is 0 Å². The zero-order valence-corrected chi connectivity index (χ0v) is 13.9. The highest BCUT2D eigenvalue weighted by Gasteiger charge is 2.49. The van der Waals surface area contributed by atoms with Gasteiger partial charge in [0.1, 0.15) is 0 Å². The lowest BCUT2D eigenvalue weighted by Crippen LogP contribution is -2.40. The van der Waals surface area contributed by atoms with E-state index in [-0.39, 0.29) is 11.3 Å². The molecule has 0 unspecified atom stereocenters. The van der Waals surface area contributed by atoms with Gasteiger partial charge in [-0.15, -0.1) is 0 Å². The maximum absolute atomic E-state index is 12.6. The second-order valence-electron chi connectivity index (χ2n) is 7.19. The molecular formula is C16H24N4O3. The van der Waals surface area contributed by atoms with Gasteiger partial charge in [-0.05, 0) is 6.92 Å². The third kappa shape index (κ3) is 3.03. The average Bonchev–Trinajstić information content (AvgIpc) is 2.76. The monoisotopic (exact) mass is 320 g/mol. The van der Waals surface area contributed by atoms with E-state index in [0.29, 0.717) is 37.8 Å². The van der Waals surface area contributed by atoms with E-state index in [4.69, 9.17) is 4.74 Å². The fourth-order valence-electron chi connectivity index (χ4n) is 2.97. The van der Waals surface area contributed by atoms with Gasteiger partial charge >= 0.3 is 0 Å². The Balaban J connectivity index is 1.71. The number of amides is 1. The lowest BCUT2D eigenvalue weighted by atomic mass is 9.79. The van der Waals surface area contributed by atoms with E-state index in [1.54, 1.807) is 24.2 Å². The van der Waals surface area contributed by atoms with Crippen LogP contribution in [0.3, 0.4) is 0 Å². The molecule has 1 amide bonds. The molecule has 0 bridgehead atoms. The summed E-state index contributed by atoms with van der Waals surface area (Å²) in [6.45, 7) is 9.42. The second-order valence-corrected chi connectivity index (χ2v) is 7.19. The van der Waals surface area contributed by atoms with Crippen molar-refractivity contribution in [3.05, 3.63) is 18.0 Å². The molecule has 0 aliphatic carbocycles. The van der Waals surface area contributed by atoms with E-state index in [1.165, 1.54) is 0 Å². The number of hydrogen-bond acceptors (Lipinski definition) is 6. The van der Waals surface area contributed by atoms with Gasteiger partial charge in [-0.3, -0.25) is 4.79 Å². The molecule has 0 radical (unpaired) electrons. The van der Waals surface area contributed by atoms with Gasteiger partial charge < -0.3 is 19.6 Å². The minimum Gasteiger partial charge on any atom is -0.388 e. The van der Waals surface area contributed by atoms with Crippen molar-refractivity contribution in [2.45, 2.75) is 26.4 Å². The van der Waals surface area contributed by atoms with Crippen molar-refractivity contribution in [1.82, 2.24) is 14.9 Å².